The number of fused-ring (bicyclic) bond motifs is 3. The van der Waals surface area contributed by atoms with Crippen molar-refractivity contribution >= 4 is 11.7 Å². The zero-order valence-electron chi connectivity index (χ0n) is 10.2. The van der Waals surface area contributed by atoms with Gasteiger partial charge in [-0.1, -0.05) is 18.2 Å². The van der Waals surface area contributed by atoms with Gasteiger partial charge >= 0.3 is 5.97 Å². The predicted octanol–water partition coefficient (Wildman–Crippen LogP) is 0.0742. The third kappa shape index (κ3) is 1.64. The van der Waals surface area contributed by atoms with Crippen molar-refractivity contribution in [2.75, 3.05) is 11.9 Å². The van der Waals surface area contributed by atoms with Crippen LogP contribution in [0, 0.1) is 5.92 Å². The molecule has 1 saturated heterocycles. The molecule has 1 unspecified atom stereocenters. The average Bonchev–Trinajstić information content (AvgIpc) is 2.70. The number of anilines is 1. The van der Waals surface area contributed by atoms with E-state index < -0.39 is 29.8 Å². The van der Waals surface area contributed by atoms with Crippen molar-refractivity contribution in [1.29, 1.82) is 0 Å². The zero-order chi connectivity index (χ0) is 13.6. The van der Waals surface area contributed by atoms with Gasteiger partial charge in [-0.15, -0.1) is 0 Å². The molecule has 6 heteroatoms. The summed E-state index contributed by atoms with van der Waals surface area (Å²) >= 11 is 0. The number of rotatable bonds is 2. The van der Waals surface area contributed by atoms with Gasteiger partial charge in [-0.05, 0) is 12.5 Å². The zero-order valence-corrected chi connectivity index (χ0v) is 10.2. The number of nitrogens with two attached hydrogens (primary N) is 1. The van der Waals surface area contributed by atoms with E-state index in [9.17, 15) is 9.90 Å². The van der Waals surface area contributed by atoms with Crippen LogP contribution in [0.4, 0.5) is 5.69 Å². The maximum atomic E-state index is 11.1. The summed E-state index contributed by atoms with van der Waals surface area (Å²) < 4.78 is 5.54. The van der Waals surface area contributed by atoms with Gasteiger partial charge in [-0.25, -0.2) is 0 Å². The molecule has 0 bridgehead atoms. The molecule has 6 nitrogen and oxygen atoms in total. The lowest BCUT2D eigenvalue weighted by Gasteiger charge is -2.42. The highest BCUT2D eigenvalue weighted by molar-refractivity contribution is 5.74. The van der Waals surface area contributed by atoms with Crippen LogP contribution in [0.1, 0.15) is 12.0 Å². The fourth-order valence-electron chi connectivity index (χ4n) is 3.07. The van der Waals surface area contributed by atoms with E-state index in [1.54, 1.807) is 12.1 Å². The maximum Gasteiger partial charge on any atom is 0.320 e. The Morgan fingerprint density at radius 1 is 1.53 bits per heavy atom. The van der Waals surface area contributed by atoms with Crippen molar-refractivity contribution in [2.45, 2.75) is 24.3 Å². The molecular weight excluding hydrogens is 248 g/mol. The van der Waals surface area contributed by atoms with Crippen molar-refractivity contribution in [3.63, 3.8) is 0 Å². The molecule has 2 aliphatic heterocycles. The predicted molar refractivity (Wildman–Crippen MR) is 67.4 cm³/mol. The van der Waals surface area contributed by atoms with E-state index in [0.29, 0.717) is 18.6 Å². The molecule has 1 fully saturated rings. The first-order valence-electron chi connectivity index (χ1n) is 6.23. The lowest BCUT2D eigenvalue weighted by molar-refractivity contribution is -0.179. The van der Waals surface area contributed by atoms with Crippen LogP contribution >= 0.6 is 0 Å². The summed E-state index contributed by atoms with van der Waals surface area (Å²) in [5, 5.41) is 23.2. The van der Waals surface area contributed by atoms with Gasteiger partial charge in [-0.2, -0.15) is 0 Å². The van der Waals surface area contributed by atoms with Crippen molar-refractivity contribution in [3.8, 4) is 0 Å². The summed E-state index contributed by atoms with van der Waals surface area (Å²) in [5.41, 5.74) is 5.77. The van der Waals surface area contributed by atoms with Crippen LogP contribution in [-0.4, -0.2) is 35.1 Å². The van der Waals surface area contributed by atoms with Crippen LogP contribution in [-0.2, 0) is 15.1 Å². The SMILES string of the molecule is N[C@H](C(=O)O)C1CCO[C@@H]2Nc3ccccc3[C@]12O. The van der Waals surface area contributed by atoms with Gasteiger partial charge in [-0.3, -0.25) is 4.79 Å². The Labute approximate surface area is 110 Å². The molecule has 0 aliphatic carbocycles. The Morgan fingerprint density at radius 2 is 2.26 bits per heavy atom. The van der Waals surface area contributed by atoms with Gasteiger partial charge in [0.25, 0.3) is 0 Å². The molecule has 2 heterocycles. The molecule has 0 amide bonds. The van der Waals surface area contributed by atoms with Gasteiger partial charge in [0.1, 0.15) is 11.6 Å². The number of nitrogens with one attached hydrogen (secondary N) is 1. The number of carboxylic acids is 1. The summed E-state index contributed by atoms with van der Waals surface area (Å²) in [4.78, 5) is 11.1. The standard InChI is InChI=1S/C13H16N2O4/c14-10(11(16)17)8-5-6-19-12-13(8,18)7-3-1-2-4-9(7)15-12/h1-4,8,10,12,15,18H,5-6,14H2,(H,16,17)/t8?,10-,12-,13-/m0/s1. The van der Waals surface area contributed by atoms with Crippen LogP contribution in [0.5, 0.6) is 0 Å². The van der Waals surface area contributed by atoms with Crippen LogP contribution in [0.25, 0.3) is 0 Å². The number of para-hydroxylation sites is 1. The molecular formula is C13H16N2O4. The first-order chi connectivity index (χ1) is 9.05. The Kier molecular flexibility index (Phi) is 2.74. The lowest BCUT2D eigenvalue weighted by atomic mass is 9.74. The molecule has 0 aromatic heterocycles. The number of hydrogen-bond donors (Lipinski definition) is 4. The number of hydrogen-bond acceptors (Lipinski definition) is 5. The van der Waals surface area contributed by atoms with E-state index in [4.69, 9.17) is 15.6 Å². The molecule has 19 heavy (non-hydrogen) atoms. The fourth-order valence-corrected chi connectivity index (χ4v) is 3.07. The summed E-state index contributed by atoms with van der Waals surface area (Å²) in [6.45, 7) is 0.375. The van der Waals surface area contributed by atoms with E-state index in [1.165, 1.54) is 0 Å². The van der Waals surface area contributed by atoms with Gasteiger partial charge in [0.2, 0.25) is 0 Å². The molecule has 1 aromatic rings. The fraction of sp³-hybridized carbons (Fsp3) is 0.462. The first-order valence-corrected chi connectivity index (χ1v) is 6.23. The van der Waals surface area contributed by atoms with E-state index in [1.807, 2.05) is 12.1 Å². The average molecular weight is 264 g/mol. The summed E-state index contributed by atoms with van der Waals surface area (Å²) in [7, 11) is 0. The molecule has 5 N–H and O–H groups in total. The molecule has 0 spiro atoms. The van der Waals surface area contributed by atoms with Crippen molar-refractivity contribution in [2.24, 2.45) is 11.7 Å². The number of aliphatic carboxylic acids is 1. The van der Waals surface area contributed by atoms with Gasteiger partial charge in [0.05, 0.1) is 0 Å². The van der Waals surface area contributed by atoms with Crippen LogP contribution in [0.15, 0.2) is 24.3 Å². The number of aliphatic hydroxyl groups is 1. The largest absolute Gasteiger partial charge is 0.480 e. The molecule has 2 aliphatic rings. The second-order valence-corrected chi connectivity index (χ2v) is 5.03. The third-order valence-electron chi connectivity index (χ3n) is 4.04. The molecule has 4 atom stereocenters. The number of carbonyl (C=O) groups is 1. The number of carboxylic acid groups (broad SMARTS) is 1. The minimum atomic E-state index is -1.40. The van der Waals surface area contributed by atoms with Gasteiger partial charge < -0.3 is 26.0 Å². The molecule has 3 rings (SSSR count). The highest BCUT2D eigenvalue weighted by Gasteiger charge is 2.56. The topological polar surface area (TPSA) is 105 Å². The highest BCUT2D eigenvalue weighted by Crippen LogP contribution is 2.48. The molecule has 0 radical (unpaired) electrons. The van der Waals surface area contributed by atoms with Crippen molar-refractivity contribution in [1.82, 2.24) is 0 Å². The monoisotopic (exact) mass is 264 g/mol. The molecule has 1 aromatic carbocycles. The Hall–Kier alpha value is -1.63. The lowest BCUT2D eigenvalue weighted by Crippen LogP contribution is -2.58. The first kappa shape index (κ1) is 12.4. The van der Waals surface area contributed by atoms with E-state index >= 15 is 0 Å². The van der Waals surface area contributed by atoms with Crippen molar-refractivity contribution < 1.29 is 19.7 Å². The highest BCUT2D eigenvalue weighted by atomic mass is 16.5. The summed E-state index contributed by atoms with van der Waals surface area (Å²) in [6.07, 6.45) is -0.231. The van der Waals surface area contributed by atoms with Crippen molar-refractivity contribution in [3.05, 3.63) is 29.8 Å². The minimum absolute atomic E-state index is 0.375. The number of ether oxygens (including phenoxy) is 1. The van der Waals surface area contributed by atoms with E-state index in [0.717, 1.165) is 5.69 Å². The second kappa shape index (κ2) is 4.19. The minimum Gasteiger partial charge on any atom is -0.480 e. The van der Waals surface area contributed by atoms with Crippen LogP contribution in [0.3, 0.4) is 0 Å². The van der Waals surface area contributed by atoms with E-state index in [2.05, 4.69) is 5.32 Å². The van der Waals surface area contributed by atoms with Crippen LogP contribution in [0.2, 0.25) is 0 Å². The molecule has 102 valence electrons. The Balaban J connectivity index is 2.07. The normalized spacial score (nSPS) is 34.0. The van der Waals surface area contributed by atoms with E-state index in [-0.39, 0.29) is 0 Å². The van der Waals surface area contributed by atoms with Crippen LogP contribution < -0.4 is 11.1 Å². The molecule has 0 saturated carbocycles. The summed E-state index contributed by atoms with van der Waals surface area (Å²) in [5.74, 6) is -1.69. The number of benzene rings is 1. The maximum absolute atomic E-state index is 11.1. The van der Waals surface area contributed by atoms with Gasteiger partial charge in [0, 0.05) is 23.8 Å². The summed E-state index contributed by atoms with van der Waals surface area (Å²) in [6, 6.07) is 6.14. The smallest absolute Gasteiger partial charge is 0.320 e. The quantitative estimate of drug-likeness (QED) is 0.602. The third-order valence-corrected chi connectivity index (χ3v) is 4.04. The second-order valence-electron chi connectivity index (χ2n) is 5.03. The Bertz CT molecular complexity index is 521. The Morgan fingerprint density at radius 3 is 3.00 bits per heavy atom. The van der Waals surface area contributed by atoms with Gasteiger partial charge in [0.15, 0.2) is 6.23 Å².